The summed E-state index contributed by atoms with van der Waals surface area (Å²) in [6.07, 6.45) is 4.70. The van der Waals surface area contributed by atoms with Gasteiger partial charge in [-0.05, 0) is 44.7 Å². The average molecular weight is 449 g/mol. The van der Waals surface area contributed by atoms with Crippen LogP contribution in [-0.4, -0.2) is 60.5 Å². The first kappa shape index (κ1) is 21.7. The summed E-state index contributed by atoms with van der Waals surface area (Å²) >= 11 is 0. The lowest BCUT2D eigenvalue weighted by molar-refractivity contribution is 0.0905. The lowest BCUT2D eigenvalue weighted by atomic mass is 10.0. The number of hydrogen-bond donors (Lipinski definition) is 3. The molecular weight excluding hydrogens is 420 g/mol. The molecular formula is C20H28N6O4S. The van der Waals surface area contributed by atoms with E-state index in [0.29, 0.717) is 44.2 Å². The smallest absolute Gasteiger partial charge is 0.273 e. The zero-order valence-corrected chi connectivity index (χ0v) is 18.3. The Hall–Kier alpha value is -2.50. The molecule has 2 aromatic heterocycles. The molecule has 1 saturated carbocycles. The van der Waals surface area contributed by atoms with Gasteiger partial charge in [-0.3, -0.25) is 4.79 Å². The highest BCUT2D eigenvalue weighted by Crippen LogP contribution is 2.40. The quantitative estimate of drug-likeness (QED) is 0.548. The number of nitrogens with zero attached hydrogens (tertiary/aromatic N) is 3. The minimum absolute atomic E-state index is 0.132. The van der Waals surface area contributed by atoms with E-state index < -0.39 is 10.0 Å². The molecule has 0 aromatic carbocycles. The largest absolute Gasteiger partial charge is 0.368 e. The highest BCUT2D eigenvalue weighted by atomic mass is 32.2. The number of amides is 1. The maximum atomic E-state index is 13.3. The maximum absolute atomic E-state index is 13.3. The number of sulfonamides is 1. The topological polar surface area (TPSA) is 143 Å². The van der Waals surface area contributed by atoms with E-state index in [1.54, 1.807) is 24.4 Å². The SMILES string of the molecule is C[C@H]1C[C@@H](NC(=O)c2cc(C3CC3)on2)CCN1S(=O)(=O)c1cccnc1NCCN. The van der Waals surface area contributed by atoms with Crippen molar-refractivity contribution in [2.24, 2.45) is 5.73 Å². The Labute approximate surface area is 181 Å². The van der Waals surface area contributed by atoms with E-state index in [9.17, 15) is 13.2 Å². The molecule has 2 aliphatic rings. The Balaban J connectivity index is 1.41. The molecule has 2 atom stereocenters. The molecule has 168 valence electrons. The van der Waals surface area contributed by atoms with E-state index in [4.69, 9.17) is 10.3 Å². The predicted octanol–water partition coefficient (Wildman–Crippen LogP) is 1.29. The Bertz CT molecular complexity index is 1040. The van der Waals surface area contributed by atoms with E-state index in [1.165, 1.54) is 4.31 Å². The second-order valence-corrected chi connectivity index (χ2v) is 9.97. The van der Waals surface area contributed by atoms with Gasteiger partial charge in [0.1, 0.15) is 16.5 Å². The minimum Gasteiger partial charge on any atom is -0.368 e. The van der Waals surface area contributed by atoms with Crippen LogP contribution < -0.4 is 16.4 Å². The van der Waals surface area contributed by atoms with Gasteiger partial charge in [-0.25, -0.2) is 13.4 Å². The second-order valence-electron chi connectivity index (χ2n) is 8.11. The molecule has 1 saturated heterocycles. The number of pyridine rings is 1. The molecule has 0 unspecified atom stereocenters. The van der Waals surface area contributed by atoms with E-state index in [0.717, 1.165) is 18.6 Å². The molecule has 1 amide bonds. The van der Waals surface area contributed by atoms with E-state index in [-0.39, 0.29) is 28.6 Å². The number of nitrogens with two attached hydrogens (primary N) is 1. The third-order valence-corrected chi connectivity index (χ3v) is 7.73. The van der Waals surface area contributed by atoms with E-state index in [1.807, 2.05) is 6.92 Å². The first-order valence-corrected chi connectivity index (χ1v) is 12.0. The van der Waals surface area contributed by atoms with E-state index >= 15 is 0 Å². The van der Waals surface area contributed by atoms with Crippen LogP contribution >= 0.6 is 0 Å². The number of aromatic nitrogens is 2. The lowest BCUT2D eigenvalue weighted by Gasteiger charge is -2.37. The van der Waals surface area contributed by atoms with Gasteiger partial charge in [0.25, 0.3) is 5.91 Å². The Kier molecular flexibility index (Phi) is 6.26. The fourth-order valence-electron chi connectivity index (χ4n) is 3.90. The summed E-state index contributed by atoms with van der Waals surface area (Å²) in [6.45, 7) is 2.94. The van der Waals surface area contributed by atoms with Crippen molar-refractivity contribution in [3.63, 3.8) is 0 Å². The van der Waals surface area contributed by atoms with Crippen molar-refractivity contribution in [3.8, 4) is 0 Å². The number of hydrogen-bond acceptors (Lipinski definition) is 8. The van der Waals surface area contributed by atoms with Crippen LogP contribution in [0, 0.1) is 0 Å². The first-order chi connectivity index (χ1) is 14.9. The number of nitrogens with one attached hydrogen (secondary N) is 2. The van der Waals surface area contributed by atoms with Crippen LogP contribution in [0.5, 0.6) is 0 Å². The van der Waals surface area contributed by atoms with Gasteiger partial charge in [0.05, 0.1) is 0 Å². The average Bonchev–Trinajstić information content (AvgIpc) is 3.48. The molecule has 10 nitrogen and oxygen atoms in total. The first-order valence-electron chi connectivity index (χ1n) is 10.6. The molecule has 1 aliphatic heterocycles. The van der Waals surface area contributed by atoms with E-state index in [2.05, 4.69) is 20.8 Å². The molecule has 0 spiro atoms. The summed E-state index contributed by atoms with van der Waals surface area (Å²) in [4.78, 5) is 16.8. The number of piperidine rings is 1. The number of carbonyl (C=O) groups excluding carboxylic acids is 1. The molecule has 4 N–H and O–H groups in total. The van der Waals surface area contributed by atoms with Crippen LogP contribution in [0.4, 0.5) is 5.82 Å². The Morgan fingerprint density at radius 2 is 2.16 bits per heavy atom. The summed E-state index contributed by atoms with van der Waals surface area (Å²) in [7, 11) is -3.75. The van der Waals surface area contributed by atoms with Crippen molar-refractivity contribution in [2.75, 3.05) is 25.0 Å². The maximum Gasteiger partial charge on any atom is 0.273 e. The molecule has 1 aliphatic carbocycles. The van der Waals surface area contributed by atoms with Crippen LogP contribution in [0.3, 0.4) is 0 Å². The highest BCUT2D eigenvalue weighted by molar-refractivity contribution is 7.89. The summed E-state index contributed by atoms with van der Waals surface area (Å²) in [5.74, 6) is 1.16. The van der Waals surface area contributed by atoms with Crippen molar-refractivity contribution >= 4 is 21.7 Å². The van der Waals surface area contributed by atoms with Crippen LogP contribution in [0.1, 0.15) is 54.8 Å². The highest BCUT2D eigenvalue weighted by Gasteiger charge is 2.37. The lowest BCUT2D eigenvalue weighted by Crippen LogP contribution is -2.50. The third kappa shape index (κ3) is 4.73. The van der Waals surface area contributed by atoms with Crippen LogP contribution in [-0.2, 0) is 10.0 Å². The van der Waals surface area contributed by atoms with Crippen LogP contribution in [0.15, 0.2) is 33.8 Å². The zero-order valence-electron chi connectivity index (χ0n) is 17.5. The molecule has 0 radical (unpaired) electrons. The minimum atomic E-state index is -3.75. The van der Waals surface area contributed by atoms with Crippen molar-refractivity contribution in [2.45, 2.75) is 55.5 Å². The zero-order chi connectivity index (χ0) is 22.0. The van der Waals surface area contributed by atoms with Gasteiger partial charge in [-0.15, -0.1) is 0 Å². The van der Waals surface area contributed by atoms with Gasteiger partial charge in [0.2, 0.25) is 10.0 Å². The summed E-state index contributed by atoms with van der Waals surface area (Å²) in [5.41, 5.74) is 5.80. The summed E-state index contributed by atoms with van der Waals surface area (Å²) in [5, 5.41) is 9.82. The number of rotatable bonds is 8. The van der Waals surface area contributed by atoms with Crippen molar-refractivity contribution in [1.29, 1.82) is 0 Å². The van der Waals surface area contributed by atoms with Crippen LogP contribution in [0.2, 0.25) is 0 Å². The fraction of sp³-hybridized carbons (Fsp3) is 0.550. The molecule has 0 bridgehead atoms. The van der Waals surface area contributed by atoms with Crippen molar-refractivity contribution in [3.05, 3.63) is 35.9 Å². The Morgan fingerprint density at radius 1 is 1.35 bits per heavy atom. The molecule has 3 heterocycles. The normalized spacial score (nSPS) is 22.3. The van der Waals surface area contributed by atoms with Gasteiger partial charge < -0.3 is 20.9 Å². The third-order valence-electron chi connectivity index (χ3n) is 5.69. The fourth-order valence-corrected chi connectivity index (χ4v) is 5.68. The molecule has 31 heavy (non-hydrogen) atoms. The number of carbonyl (C=O) groups is 1. The predicted molar refractivity (Wildman–Crippen MR) is 114 cm³/mol. The summed E-state index contributed by atoms with van der Waals surface area (Å²) in [6, 6.07) is 4.43. The van der Waals surface area contributed by atoms with Crippen molar-refractivity contribution < 1.29 is 17.7 Å². The van der Waals surface area contributed by atoms with Gasteiger partial charge in [0.15, 0.2) is 5.69 Å². The van der Waals surface area contributed by atoms with Crippen molar-refractivity contribution in [1.82, 2.24) is 19.8 Å². The van der Waals surface area contributed by atoms with Gasteiger partial charge in [-0.2, -0.15) is 4.31 Å². The molecule has 2 aromatic rings. The molecule has 2 fully saturated rings. The second kappa shape index (κ2) is 8.93. The van der Waals surface area contributed by atoms with Gasteiger partial charge >= 0.3 is 0 Å². The standard InChI is InChI=1S/C20H28N6O4S/c1-13-11-15(24-20(27)16-12-17(30-25-16)14-4-5-14)6-10-26(13)31(28,29)18-3-2-8-22-19(18)23-9-7-21/h2-3,8,12-15H,4-7,9-11,21H2,1H3,(H,22,23)(H,24,27)/t13-,15-/m0/s1. The molecule has 4 rings (SSSR count). The van der Waals surface area contributed by atoms with Crippen LogP contribution in [0.25, 0.3) is 0 Å². The van der Waals surface area contributed by atoms with Gasteiger partial charge in [-0.1, -0.05) is 5.16 Å². The monoisotopic (exact) mass is 448 g/mol. The Morgan fingerprint density at radius 3 is 2.87 bits per heavy atom. The summed E-state index contributed by atoms with van der Waals surface area (Å²) < 4.78 is 33.3. The molecule has 11 heteroatoms. The number of anilines is 1. The van der Waals surface area contributed by atoms with Gasteiger partial charge in [0, 0.05) is 49.9 Å².